The number of nitrogens with one attached hydrogen (secondary N) is 2. The molecular weight excluding hydrogens is 375 g/mol. The predicted molar refractivity (Wildman–Crippen MR) is 104 cm³/mol. The SMILES string of the molecule is N#Cc1ccc(-c2ccc(C[C@@H](C#N)NC(=O)C3NC4CCC3C4)s2)cc1F. The predicted octanol–water partition coefficient (Wildman–Crippen LogP) is 3.12. The van der Waals surface area contributed by atoms with Crippen molar-refractivity contribution in [2.75, 3.05) is 0 Å². The van der Waals surface area contributed by atoms with Crippen LogP contribution in [0, 0.1) is 34.4 Å². The summed E-state index contributed by atoms with van der Waals surface area (Å²) in [4.78, 5) is 14.3. The van der Waals surface area contributed by atoms with Crippen molar-refractivity contribution in [2.45, 2.75) is 43.8 Å². The summed E-state index contributed by atoms with van der Waals surface area (Å²) in [6, 6.07) is 11.9. The van der Waals surface area contributed by atoms with Crippen LogP contribution in [0.15, 0.2) is 30.3 Å². The second-order valence-corrected chi connectivity index (χ2v) is 8.55. The van der Waals surface area contributed by atoms with Crippen LogP contribution in [0.4, 0.5) is 4.39 Å². The van der Waals surface area contributed by atoms with E-state index < -0.39 is 11.9 Å². The first kappa shape index (κ1) is 18.6. The molecule has 1 aromatic heterocycles. The van der Waals surface area contributed by atoms with Gasteiger partial charge in [0.15, 0.2) is 0 Å². The second-order valence-electron chi connectivity index (χ2n) is 7.38. The van der Waals surface area contributed by atoms with E-state index in [-0.39, 0.29) is 17.5 Å². The van der Waals surface area contributed by atoms with Gasteiger partial charge in [-0.25, -0.2) is 4.39 Å². The lowest BCUT2D eigenvalue weighted by Crippen LogP contribution is -2.50. The molecule has 1 aliphatic carbocycles. The number of nitrogens with zero attached hydrogens (tertiary/aromatic N) is 2. The van der Waals surface area contributed by atoms with Gasteiger partial charge in [0.25, 0.3) is 0 Å². The molecule has 28 heavy (non-hydrogen) atoms. The first-order valence-corrected chi connectivity index (χ1v) is 10.1. The Bertz CT molecular complexity index is 989. The molecule has 1 saturated carbocycles. The quantitative estimate of drug-likeness (QED) is 0.816. The molecule has 7 heteroatoms. The van der Waals surface area contributed by atoms with E-state index in [1.165, 1.54) is 23.5 Å². The standard InChI is InChI=1S/C21H19FN4OS/c22-18-8-12(1-2-14(18)10-23)19-6-5-17(28-19)9-16(11-24)26-21(27)20-13-3-4-15(7-13)25-20/h1-2,5-6,8,13,15-16,20,25H,3-4,7,9H2,(H,26,27)/t13?,15?,16-,20?/m0/s1. The summed E-state index contributed by atoms with van der Waals surface area (Å²) in [7, 11) is 0. The Kier molecular flexibility index (Phi) is 5.13. The minimum absolute atomic E-state index is 0.0158. The number of amides is 1. The van der Waals surface area contributed by atoms with Gasteiger partial charge in [0, 0.05) is 22.2 Å². The maximum atomic E-state index is 13.8. The molecule has 4 rings (SSSR count). The molecule has 1 aromatic carbocycles. The van der Waals surface area contributed by atoms with Gasteiger partial charge in [-0.1, -0.05) is 6.07 Å². The summed E-state index contributed by atoms with van der Waals surface area (Å²) in [6.07, 6.45) is 3.66. The summed E-state index contributed by atoms with van der Waals surface area (Å²) < 4.78 is 13.8. The third-order valence-electron chi connectivity index (χ3n) is 5.56. The molecule has 3 unspecified atom stereocenters. The Labute approximate surface area is 166 Å². The average molecular weight is 394 g/mol. The topological polar surface area (TPSA) is 88.7 Å². The lowest BCUT2D eigenvalue weighted by atomic mass is 9.99. The van der Waals surface area contributed by atoms with Gasteiger partial charge in [-0.05, 0) is 55.0 Å². The van der Waals surface area contributed by atoms with Crippen LogP contribution in [-0.2, 0) is 11.2 Å². The number of carbonyl (C=O) groups is 1. The number of thiophene rings is 1. The van der Waals surface area contributed by atoms with Gasteiger partial charge in [0.05, 0.1) is 17.7 Å². The van der Waals surface area contributed by atoms with Crippen LogP contribution in [0.5, 0.6) is 0 Å². The highest BCUT2D eigenvalue weighted by atomic mass is 32.1. The van der Waals surface area contributed by atoms with Crippen molar-refractivity contribution in [3.8, 4) is 22.6 Å². The number of piperidine rings is 1. The summed E-state index contributed by atoms with van der Waals surface area (Å²) in [5.74, 6) is -0.260. The highest BCUT2D eigenvalue weighted by molar-refractivity contribution is 7.15. The van der Waals surface area contributed by atoms with Crippen molar-refractivity contribution in [2.24, 2.45) is 5.92 Å². The Morgan fingerprint density at radius 3 is 2.82 bits per heavy atom. The number of benzene rings is 1. The Hall–Kier alpha value is -2.74. The average Bonchev–Trinajstić information content (AvgIpc) is 3.44. The molecule has 1 saturated heterocycles. The van der Waals surface area contributed by atoms with E-state index in [2.05, 4.69) is 16.7 Å². The summed E-state index contributed by atoms with van der Waals surface area (Å²) in [6.45, 7) is 0. The molecule has 1 amide bonds. The zero-order valence-electron chi connectivity index (χ0n) is 15.1. The molecule has 2 aliphatic rings. The van der Waals surface area contributed by atoms with Gasteiger partial charge in [-0.3, -0.25) is 4.79 Å². The summed E-state index contributed by atoms with van der Waals surface area (Å²) in [5, 5.41) is 24.5. The molecular formula is C21H19FN4OS. The number of carbonyl (C=O) groups excluding carboxylic acids is 1. The van der Waals surface area contributed by atoms with Crippen LogP contribution < -0.4 is 10.6 Å². The minimum Gasteiger partial charge on any atom is -0.339 e. The van der Waals surface area contributed by atoms with E-state index in [0.717, 1.165) is 29.0 Å². The molecule has 2 N–H and O–H groups in total. The van der Waals surface area contributed by atoms with E-state index in [0.29, 0.717) is 23.9 Å². The van der Waals surface area contributed by atoms with E-state index in [1.54, 1.807) is 6.07 Å². The molecule has 1 aliphatic heterocycles. The molecule has 2 fully saturated rings. The smallest absolute Gasteiger partial charge is 0.238 e. The van der Waals surface area contributed by atoms with Crippen LogP contribution in [0.1, 0.15) is 29.7 Å². The normalized spacial score (nSPS) is 23.8. The number of fused-ring (bicyclic) bond motifs is 2. The zero-order valence-corrected chi connectivity index (χ0v) is 15.9. The van der Waals surface area contributed by atoms with Crippen LogP contribution in [0.3, 0.4) is 0 Å². The van der Waals surface area contributed by atoms with Gasteiger partial charge in [-0.15, -0.1) is 11.3 Å². The van der Waals surface area contributed by atoms with E-state index in [9.17, 15) is 14.4 Å². The maximum absolute atomic E-state index is 13.8. The molecule has 2 aromatic rings. The van der Waals surface area contributed by atoms with Crippen LogP contribution in [-0.4, -0.2) is 24.0 Å². The number of hydrogen-bond acceptors (Lipinski definition) is 5. The highest BCUT2D eigenvalue weighted by Crippen LogP contribution is 2.35. The lowest BCUT2D eigenvalue weighted by molar-refractivity contribution is -0.124. The highest BCUT2D eigenvalue weighted by Gasteiger charge is 2.43. The minimum atomic E-state index is -0.599. The largest absolute Gasteiger partial charge is 0.339 e. The van der Waals surface area contributed by atoms with Gasteiger partial charge < -0.3 is 10.6 Å². The van der Waals surface area contributed by atoms with Crippen LogP contribution in [0.25, 0.3) is 10.4 Å². The van der Waals surface area contributed by atoms with E-state index >= 15 is 0 Å². The van der Waals surface area contributed by atoms with Crippen molar-refractivity contribution in [1.82, 2.24) is 10.6 Å². The third-order valence-corrected chi connectivity index (χ3v) is 6.71. The zero-order chi connectivity index (χ0) is 19.7. The van der Waals surface area contributed by atoms with Crippen molar-refractivity contribution >= 4 is 17.2 Å². The van der Waals surface area contributed by atoms with E-state index in [1.807, 2.05) is 18.2 Å². The first-order valence-electron chi connectivity index (χ1n) is 9.32. The molecule has 2 heterocycles. The fourth-order valence-electron chi connectivity index (χ4n) is 4.14. The molecule has 0 radical (unpaired) electrons. The molecule has 5 nitrogen and oxygen atoms in total. The fraction of sp³-hybridized carbons (Fsp3) is 0.381. The van der Waals surface area contributed by atoms with Gasteiger partial charge in [0.1, 0.15) is 17.9 Å². The maximum Gasteiger partial charge on any atom is 0.238 e. The lowest BCUT2D eigenvalue weighted by Gasteiger charge is -2.23. The Morgan fingerprint density at radius 1 is 1.32 bits per heavy atom. The summed E-state index contributed by atoms with van der Waals surface area (Å²) in [5.41, 5.74) is 0.707. The number of rotatable bonds is 5. The van der Waals surface area contributed by atoms with Crippen molar-refractivity contribution in [1.29, 1.82) is 10.5 Å². The molecule has 2 bridgehead atoms. The monoisotopic (exact) mass is 394 g/mol. The molecule has 142 valence electrons. The number of hydrogen-bond donors (Lipinski definition) is 2. The number of halogens is 1. The van der Waals surface area contributed by atoms with Gasteiger partial charge in [-0.2, -0.15) is 10.5 Å². The number of nitriles is 2. The van der Waals surface area contributed by atoms with Crippen molar-refractivity contribution < 1.29 is 9.18 Å². The first-order chi connectivity index (χ1) is 13.6. The summed E-state index contributed by atoms with van der Waals surface area (Å²) >= 11 is 1.46. The Balaban J connectivity index is 1.41. The fourth-order valence-corrected chi connectivity index (χ4v) is 5.19. The van der Waals surface area contributed by atoms with E-state index in [4.69, 9.17) is 5.26 Å². The van der Waals surface area contributed by atoms with Crippen LogP contribution >= 0.6 is 11.3 Å². The third kappa shape index (κ3) is 3.64. The molecule has 0 spiro atoms. The van der Waals surface area contributed by atoms with Crippen molar-refractivity contribution in [3.63, 3.8) is 0 Å². The van der Waals surface area contributed by atoms with Gasteiger partial charge in [0.2, 0.25) is 5.91 Å². The van der Waals surface area contributed by atoms with Crippen LogP contribution in [0.2, 0.25) is 0 Å². The van der Waals surface area contributed by atoms with Gasteiger partial charge >= 0.3 is 0 Å². The Morgan fingerprint density at radius 2 is 2.18 bits per heavy atom. The molecule has 4 atom stereocenters. The van der Waals surface area contributed by atoms with Crippen molar-refractivity contribution in [3.05, 3.63) is 46.6 Å². The second kappa shape index (κ2) is 7.71.